The van der Waals surface area contributed by atoms with Gasteiger partial charge >= 0.3 is 0 Å². The number of hydrogen-bond donors (Lipinski definition) is 2. The average molecular weight is 226 g/mol. The molecule has 0 bridgehead atoms. The monoisotopic (exact) mass is 226 g/mol. The molecule has 86 valence electrons. The van der Waals surface area contributed by atoms with Gasteiger partial charge in [-0.25, -0.2) is 0 Å². The van der Waals surface area contributed by atoms with Gasteiger partial charge in [0.1, 0.15) is 0 Å². The lowest BCUT2D eigenvalue weighted by atomic mass is 10.1. The summed E-state index contributed by atoms with van der Waals surface area (Å²) in [5.41, 5.74) is 7.81. The van der Waals surface area contributed by atoms with Crippen LogP contribution in [0.2, 0.25) is 0 Å². The summed E-state index contributed by atoms with van der Waals surface area (Å²) in [4.78, 5) is 11.9. The van der Waals surface area contributed by atoms with E-state index < -0.39 is 0 Å². The van der Waals surface area contributed by atoms with Gasteiger partial charge in [0, 0.05) is 16.9 Å². The van der Waals surface area contributed by atoms with Crippen molar-refractivity contribution in [3.8, 4) is 0 Å². The third kappa shape index (κ3) is 3.08. The highest BCUT2D eigenvalue weighted by atomic mass is 16.1. The molecule has 0 aromatic heterocycles. The van der Waals surface area contributed by atoms with Gasteiger partial charge < -0.3 is 11.1 Å². The third-order valence-corrected chi connectivity index (χ3v) is 2.44. The molecule has 0 aliphatic heterocycles. The number of ketones is 1. The number of rotatable bonds is 4. The van der Waals surface area contributed by atoms with Crippen LogP contribution in [-0.2, 0) is 0 Å². The van der Waals surface area contributed by atoms with Crippen LogP contribution in [0, 0.1) is 0 Å². The highest BCUT2D eigenvalue weighted by Crippen LogP contribution is 2.09. The molecule has 3 nitrogen and oxygen atoms in total. The van der Waals surface area contributed by atoms with Gasteiger partial charge in [-0.2, -0.15) is 0 Å². The Labute approximate surface area is 100 Å². The molecule has 17 heavy (non-hydrogen) atoms. The lowest BCUT2D eigenvalue weighted by Gasteiger charge is -2.05. The molecule has 0 aliphatic rings. The summed E-state index contributed by atoms with van der Waals surface area (Å²) in [6.07, 6.45) is 0. The summed E-state index contributed by atoms with van der Waals surface area (Å²) in [7, 11) is 0. The van der Waals surface area contributed by atoms with Crippen LogP contribution in [0.5, 0.6) is 0 Å². The number of nitrogens with two attached hydrogens (primary N) is 1. The van der Waals surface area contributed by atoms with Crippen LogP contribution in [0.1, 0.15) is 10.4 Å². The van der Waals surface area contributed by atoms with E-state index in [2.05, 4.69) is 5.32 Å². The highest BCUT2D eigenvalue weighted by Gasteiger charge is 2.05. The molecular formula is C14H14N2O. The molecule has 2 rings (SSSR count). The Morgan fingerprint density at radius 1 is 1.06 bits per heavy atom. The Morgan fingerprint density at radius 3 is 2.53 bits per heavy atom. The summed E-state index contributed by atoms with van der Waals surface area (Å²) in [6.45, 7) is 0.271. The van der Waals surface area contributed by atoms with Gasteiger partial charge in [0.2, 0.25) is 0 Å². The first-order valence-corrected chi connectivity index (χ1v) is 5.43. The van der Waals surface area contributed by atoms with Crippen molar-refractivity contribution in [2.45, 2.75) is 0 Å². The minimum atomic E-state index is 0.0288. The van der Waals surface area contributed by atoms with Gasteiger partial charge in [0.15, 0.2) is 5.78 Å². The number of benzene rings is 2. The maximum Gasteiger partial charge on any atom is 0.181 e. The first-order valence-electron chi connectivity index (χ1n) is 5.43. The molecule has 3 N–H and O–H groups in total. The molecular weight excluding hydrogens is 212 g/mol. The zero-order valence-corrected chi connectivity index (χ0v) is 9.39. The molecule has 0 atom stereocenters. The molecule has 0 amide bonds. The molecule has 3 heteroatoms. The van der Waals surface area contributed by atoms with E-state index in [0.29, 0.717) is 11.3 Å². The van der Waals surface area contributed by atoms with Gasteiger partial charge in [-0.1, -0.05) is 30.3 Å². The smallest absolute Gasteiger partial charge is 0.181 e. The fourth-order valence-electron chi connectivity index (χ4n) is 1.55. The first kappa shape index (κ1) is 11.2. The molecule has 0 aliphatic carbocycles. The molecule has 0 unspecified atom stereocenters. The van der Waals surface area contributed by atoms with E-state index in [1.54, 1.807) is 24.3 Å². The maximum absolute atomic E-state index is 11.9. The van der Waals surface area contributed by atoms with E-state index in [-0.39, 0.29) is 12.3 Å². The molecule has 0 fully saturated rings. The standard InChI is InChI=1S/C14H14N2O/c15-12-6-4-5-11(9-12)14(17)10-16-13-7-2-1-3-8-13/h1-9,16H,10,15H2. The predicted octanol–water partition coefficient (Wildman–Crippen LogP) is 2.56. The van der Waals surface area contributed by atoms with E-state index in [0.717, 1.165) is 5.69 Å². The number of hydrogen-bond acceptors (Lipinski definition) is 3. The van der Waals surface area contributed by atoms with Gasteiger partial charge in [-0.15, -0.1) is 0 Å². The normalized spacial score (nSPS) is 9.88. The predicted molar refractivity (Wildman–Crippen MR) is 70.1 cm³/mol. The Morgan fingerprint density at radius 2 is 1.82 bits per heavy atom. The summed E-state index contributed by atoms with van der Waals surface area (Å²) >= 11 is 0. The van der Waals surface area contributed by atoms with Crippen LogP contribution in [0.25, 0.3) is 0 Å². The molecule has 2 aromatic rings. The van der Waals surface area contributed by atoms with Gasteiger partial charge in [0.05, 0.1) is 6.54 Å². The van der Waals surface area contributed by atoms with Crippen LogP contribution >= 0.6 is 0 Å². The number of carbonyl (C=O) groups excluding carboxylic acids is 1. The van der Waals surface area contributed by atoms with Gasteiger partial charge in [0.25, 0.3) is 0 Å². The lowest BCUT2D eigenvalue weighted by Crippen LogP contribution is -2.14. The number of para-hydroxylation sites is 1. The van der Waals surface area contributed by atoms with Crippen molar-refractivity contribution in [2.24, 2.45) is 0 Å². The van der Waals surface area contributed by atoms with Crippen LogP contribution < -0.4 is 11.1 Å². The lowest BCUT2D eigenvalue weighted by molar-refractivity contribution is 0.101. The molecule has 0 heterocycles. The second-order valence-corrected chi connectivity index (χ2v) is 3.77. The Hall–Kier alpha value is -2.29. The molecule has 0 saturated heterocycles. The molecule has 0 radical (unpaired) electrons. The van der Waals surface area contributed by atoms with E-state index in [1.807, 2.05) is 30.3 Å². The number of Topliss-reactive ketones (excluding diaryl/α,β-unsaturated/α-hetero) is 1. The van der Waals surface area contributed by atoms with Crippen molar-refractivity contribution in [1.29, 1.82) is 0 Å². The van der Waals surface area contributed by atoms with E-state index in [9.17, 15) is 4.79 Å². The number of carbonyl (C=O) groups is 1. The fourth-order valence-corrected chi connectivity index (χ4v) is 1.55. The van der Waals surface area contributed by atoms with Crippen LogP contribution in [0.4, 0.5) is 11.4 Å². The minimum Gasteiger partial charge on any atom is -0.399 e. The Kier molecular flexibility index (Phi) is 3.40. The minimum absolute atomic E-state index is 0.0288. The SMILES string of the molecule is Nc1cccc(C(=O)CNc2ccccc2)c1. The quantitative estimate of drug-likeness (QED) is 0.622. The second-order valence-electron chi connectivity index (χ2n) is 3.77. The van der Waals surface area contributed by atoms with Crippen LogP contribution in [-0.4, -0.2) is 12.3 Å². The largest absolute Gasteiger partial charge is 0.399 e. The van der Waals surface area contributed by atoms with Gasteiger partial charge in [-0.05, 0) is 24.3 Å². The molecule has 0 spiro atoms. The first-order chi connectivity index (χ1) is 8.25. The summed E-state index contributed by atoms with van der Waals surface area (Å²) in [6, 6.07) is 16.6. The average Bonchev–Trinajstić information content (AvgIpc) is 2.37. The number of nitrogen functional groups attached to an aromatic ring is 1. The van der Waals surface area contributed by atoms with E-state index >= 15 is 0 Å². The van der Waals surface area contributed by atoms with Crippen molar-refractivity contribution in [1.82, 2.24) is 0 Å². The van der Waals surface area contributed by atoms with Crippen LogP contribution in [0.3, 0.4) is 0 Å². The number of anilines is 2. The Bertz CT molecular complexity index is 509. The second kappa shape index (κ2) is 5.16. The van der Waals surface area contributed by atoms with Crippen LogP contribution in [0.15, 0.2) is 54.6 Å². The zero-order chi connectivity index (χ0) is 12.1. The van der Waals surface area contributed by atoms with Crippen molar-refractivity contribution in [2.75, 3.05) is 17.6 Å². The summed E-state index contributed by atoms with van der Waals surface area (Å²) < 4.78 is 0. The van der Waals surface area contributed by atoms with E-state index in [1.165, 1.54) is 0 Å². The third-order valence-electron chi connectivity index (χ3n) is 2.44. The van der Waals surface area contributed by atoms with Gasteiger partial charge in [-0.3, -0.25) is 4.79 Å². The van der Waals surface area contributed by atoms with Crippen molar-refractivity contribution in [3.05, 3.63) is 60.2 Å². The number of nitrogens with one attached hydrogen (secondary N) is 1. The van der Waals surface area contributed by atoms with E-state index in [4.69, 9.17) is 5.73 Å². The summed E-state index contributed by atoms with van der Waals surface area (Å²) in [5.74, 6) is 0.0288. The Balaban J connectivity index is 1.98. The summed E-state index contributed by atoms with van der Waals surface area (Å²) in [5, 5.41) is 3.07. The molecule has 2 aromatic carbocycles. The van der Waals surface area contributed by atoms with Crippen molar-refractivity contribution >= 4 is 17.2 Å². The van der Waals surface area contributed by atoms with Crippen molar-refractivity contribution in [3.63, 3.8) is 0 Å². The topological polar surface area (TPSA) is 55.1 Å². The fraction of sp³-hybridized carbons (Fsp3) is 0.0714. The highest BCUT2D eigenvalue weighted by molar-refractivity contribution is 5.99. The maximum atomic E-state index is 11.9. The molecule has 0 saturated carbocycles. The zero-order valence-electron chi connectivity index (χ0n) is 9.39. The van der Waals surface area contributed by atoms with Crippen molar-refractivity contribution < 1.29 is 4.79 Å².